The number of fused-ring (bicyclic) bond motifs is 1. The maximum absolute atomic E-state index is 13.0. The zero-order valence-corrected chi connectivity index (χ0v) is 16.2. The molecule has 1 heterocycles. The Morgan fingerprint density at radius 2 is 1.93 bits per heavy atom. The van der Waals surface area contributed by atoms with Crippen LogP contribution in [-0.2, 0) is 11.2 Å². The Labute approximate surface area is 165 Å². The first-order valence-electron chi connectivity index (χ1n) is 9.39. The van der Waals surface area contributed by atoms with Gasteiger partial charge >= 0.3 is 0 Å². The highest BCUT2D eigenvalue weighted by molar-refractivity contribution is 5.97. The number of hydrogen-bond acceptors (Lipinski definition) is 3. The van der Waals surface area contributed by atoms with Gasteiger partial charge in [-0.05, 0) is 59.4 Å². The Bertz CT molecular complexity index is 999. The second kappa shape index (κ2) is 7.44. The Kier molecular flexibility index (Phi) is 4.83. The molecule has 0 fully saturated rings. The van der Waals surface area contributed by atoms with Crippen molar-refractivity contribution in [2.45, 2.75) is 18.8 Å². The summed E-state index contributed by atoms with van der Waals surface area (Å²) in [6.45, 7) is 0.972. The summed E-state index contributed by atoms with van der Waals surface area (Å²) in [5, 5.41) is 0. The summed E-state index contributed by atoms with van der Waals surface area (Å²) in [6, 6.07) is 14.3. The molecule has 1 unspecified atom stereocenters. The number of carbonyl (C=O) groups is 1. The van der Waals surface area contributed by atoms with Gasteiger partial charge in [0.05, 0.1) is 20.8 Å². The molecule has 1 amide bonds. The van der Waals surface area contributed by atoms with Crippen LogP contribution in [0.3, 0.4) is 0 Å². The molecule has 0 radical (unpaired) electrons. The normalized spacial score (nSPS) is 18.2. The molecule has 2 aromatic rings. The molecular formula is C24H23NO3. The van der Waals surface area contributed by atoms with Crippen molar-refractivity contribution in [1.82, 2.24) is 4.90 Å². The summed E-state index contributed by atoms with van der Waals surface area (Å²) in [6.07, 6.45) is 6.88. The van der Waals surface area contributed by atoms with Gasteiger partial charge in [0, 0.05) is 18.0 Å². The Morgan fingerprint density at radius 3 is 2.68 bits per heavy atom. The second-order valence-electron chi connectivity index (χ2n) is 7.22. The standard InChI is InChI=1S/C24H23NO3/c1-4-10-25-15-18-11-17-8-9-20(28-3)13-21(17)22(14-23(18)24(25)26)16-6-5-7-19(12-16)27-2/h1,5-9,12-13,22H,10-11,14-15H2,2-3H3. The molecule has 4 rings (SSSR count). The van der Waals surface area contributed by atoms with Crippen LogP contribution in [0.4, 0.5) is 0 Å². The van der Waals surface area contributed by atoms with E-state index in [1.165, 1.54) is 16.7 Å². The molecular weight excluding hydrogens is 350 g/mol. The van der Waals surface area contributed by atoms with E-state index in [9.17, 15) is 4.79 Å². The van der Waals surface area contributed by atoms with E-state index >= 15 is 0 Å². The fraction of sp³-hybridized carbons (Fsp3) is 0.292. The van der Waals surface area contributed by atoms with E-state index < -0.39 is 0 Å². The van der Waals surface area contributed by atoms with Crippen LogP contribution in [0.5, 0.6) is 11.5 Å². The quantitative estimate of drug-likeness (QED) is 0.770. The number of rotatable bonds is 4. The molecule has 2 aliphatic rings. The summed E-state index contributed by atoms with van der Waals surface area (Å²) in [7, 11) is 3.35. The number of benzene rings is 2. The first-order chi connectivity index (χ1) is 13.6. The van der Waals surface area contributed by atoms with Crippen molar-refractivity contribution in [3.8, 4) is 23.8 Å². The van der Waals surface area contributed by atoms with E-state index in [1.807, 2.05) is 18.2 Å². The third kappa shape index (κ3) is 3.14. The van der Waals surface area contributed by atoms with Gasteiger partial charge in [-0.3, -0.25) is 4.79 Å². The fourth-order valence-corrected chi connectivity index (χ4v) is 4.26. The van der Waals surface area contributed by atoms with E-state index in [0.717, 1.165) is 29.1 Å². The van der Waals surface area contributed by atoms with Crippen molar-refractivity contribution in [1.29, 1.82) is 0 Å². The maximum atomic E-state index is 13.0. The van der Waals surface area contributed by atoms with Gasteiger partial charge in [-0.15, -0.1) is 6.42 Å². The van der Waals surface area contributed by atoms with Crippen LogP contribution in [0, 0.1) is 12.3 Å². The van der Waals surface area contributed by atoms with Crippen molar-refractivity contribution < 1.29 is 14.3 Å². The number of hydrogen-bond donors (Lipinski definition) is 0. The molecule has 1 aliphatic heterocycles. The van der Waals surface area contributed by atoms with Crippen LogP contribution in [0.15, 0.2) is 53.6 Å². The highest BCUT2D eigenvalue weighted by Gasteiger charge is 2.35. The minimum absolute atomic E-state index is 0.0578. The van der Waals surface area contributed by atoms with Crippen LogP contribution < -0.4 is 9.47 Å². The van der Waals surface area contributed by atoms with Gasteiger partial charge in [0.2, 0.25) is 0 Å². The lowest BCUT2D eigenvalue weighted by Crippen LogP contribution is -2.28. The third-order valence-corrected chi connectivity index (χ3v) is 5.67. The lowest BCUT2D eigenvalue weighted by atomic mass is 9.84. The minimum atomic E-state index is 0.0578. The van der Waals surface area contributed by atoms with E-state index in [0.29, 0.717) is 19.5 Å². The van der Waals surface area contributed by atoms with Gasteiger partial charge < -0.3 is 14.4 Å². The molecule has 28 heavy (non-hydrogen) atoms. The van der Waals surface area contributed by atoms with Crippen LogP contribution >= 0.6 is 0 Å². The lowest BCUT2D eigenvalue weighted by Gasteiger charge is -2.22. The van der Waals surface area contributed by atoms with Gasteiger partial charge in [-0.2, -0.15) is 0 Å². The van der Waals surface area contributed by atoms with E-state index in [1.54, 1.807) is 19.1 Å². The topological polar surface area (TPSA) is 38.8 Å². The SMILES string of the molecule is C#CCN1CC2=C(CC(c3cccc(OC)c3)c3cc(OC)ccc3C2)C1=O. The molecule has 142 valence electrons. The molecule has 0 N–H and O–H groups in total. The fourth-order valence-electron chi connectivity index (χ4n) is 4.26. The van der Waals surface area contributed by atoms with Crippen molar-refractivity contribution >= 4 is 5.91 Å². The van der Waals surface area contributed by atoms with Crippen LogP contribution in [0.25, 0.3) is 0 Å². The summed E-state index contributed by atoms with van der Waals surface area (Å²) < 4.78 is 10.9. The first-order valence-corrected chi connectivity index (χ1v) is 9.39. The van der Waals surface area contributed by atoms with E-state index in [2.05, 4.69) is 30.2 Å². The monoisotopic (exact) mass is 373 g/mol. The molecule has 0 saturated carbocycles. The highest BCUT2D eigenvalue weighted by atomic mass is 16.5. The molecule has 4 heteroatoms. The van der Waals surface area contributed by atoms with Gasteiger partial charge in [0.1, 0.15) is 11.5 Å². The molecule has 0 aromatic heterocycles. The Morgan fingerprint density at radius 1 is 1.14 bits per heavy atom. The second-order valence-corrected chi connectivity index (χ2v) is 7.22. The molecule has 1 atom stereocenters. The molecule has 0 spiro atoms. The van der Waals surface area contributed by atoms with E-state index in [4.69, 9.17) is 15.9 Å². The van der Waals surface area contributed by atoms with E-state index in [-0.39, 0.29) is 11.8 Å². The average molecular weight is 373 g/mol. The predicted octanol–water partition coefficient (Wildman–Crippen LogP) is 3.55. The van der Waals surface area contributed by atoms with Crippen molar-refractivity contribution in [3.63, 3.8) is 0 Å². The summed E-state index contributed by atoms with van der Waals surface area (Å²) in [5.74, 6) is 4.37. The molecule has 0 saturated heterocycles. The number of carbonyl (C=O) groups excluding carboxylic acids is 1. The highest BCUT2D eigenvalue weighted by Crippen LogP contribution is 2.42. The number of terminal acetylenes is 1. The first kappa shape index (κ1) is 18.2. The van der Waals surface area contributed by atoms with Crippen molar-refractivity contribution in [3.05, 3.63) is 70.3 Å². The van der Waals surface area contributed by atoms with Crippen LogP contribution in [0.2, 0.25) is 0 Å². The van der Waals surface area contributed by atoms with Crippen LogP contribution in [0.1, 0.15) is 29.0 Å². The molecule has 0 bridgehead atoms. The number of nitrogens with zero attached hydrogens (tertiary/aromatic N) is 1. The van der Waals surface area contributed by atoms with Crippen molar-refractivity contribution in [2.75, 3.05) is 27.3 Å². The maximum Gasteiger partial charge on any atom is 0.250 e. The largest absolute Gasteiger partial charge is 0.497 e. The van der Waals surface area contributed by atoms with Crippen LogP contribution in [-0.4, -0.2) is 38.1 Å². The third-order valence-electron chi connectivity index (χ3n) is 5.67. The van der Waals surface area contributed by atoms with Gasteiger partial charge in [-0.25, -0.2) is 0 Å². The van der Waals surface area contributed by atoms with Gasteiger partial charge in [-0.1, -0.05) is 24.1 Å². The smallest absolute Gasteiger partial charge is 0.250 e. The number of amides is 1. The zero-order chi connectivity index (χ0) is 19.7. The summed E-state index contributed by atoms with van der Waals surface area (Å²) in [5.41, 5.74) is 5.65. The zero-order valence-electron chi connectivity index (χ0n) is 16.2. The Balaban J connectivity index is 1.82. The average Bonchev–Trinajstić information content (AvgIpc) is 2.91. The summed E-state index contributed by atoms with van der Waals surface area (Å²) in [4.78, 5) is 14.7. The molecule has 1 aliphatic carbocycles. The molecule has 2 aromatic carbocycles. The van der Waals surface area contributed by atoms with Crippen molar-refractivity contribution in [2.24, 2.45) is 0 Å². The minimum Gasteiger partial charge on any atom is -0.497 e. The summed E-state index contributed by atoms with van der Waals surface area (Å²) >= 11 is 0. The van der Waals surface area contributed by atoms with Gasteiger partial charge in [0.25, 0.3) is 5.91 Å². The van der Waals surface area contributed by atoms with Gasteiger partial charge in [0.15, 0.2) is 0 Å². The Hall–Kier alpha value is -3.19. The predicted molar refractivity (Wildman–Crippen MR) is 109 cm³/mol. The number of ether oxygens (including phenoxy) is 2. The number of methoxy groups -OCH3 is 2. The lowest BCUT2D eigenvalue weighted by molar-refractivity contribution is -0.125. The molecule has 4 nitrogen and oxygen atoms in total.